The van der Waals surface area contributed by atoms with E-state index in [1.54, 1.807) is 48.5 Å². The van der Waals surface area contributed by atoms with Crippen molar-refractivity contribution in [2.45, 2.75) is 24.3 Å². The van der Waals surface area contributed by atoms with Crippen LogP contribution in [0.5, 0.6) is 11.5 Å². The minimum absolute atomic E-state index is 0.0499. The summed E-state index contributed by atoms with van der Waals surface area (Å²) < 4.78 is 48.3. The van der Waals surface area contributed by atoms with Crippen molar-refractivity contribution in [2.24, 2.45) is 5.92 Å². The van der Waals surface area contributed by atoms with E-state index in [1.807, 2.05) is 6.92 Å². The summed E-state index contributed by atoms with van der Waals surface area (Å²) in [6.45, 7) is 5.06. The molecule has 0 saturated carbocycles. The Kier molecular flexibility index (Phi) is 7.49. The van der Waals surface area contributed by atoms with Crippen molar-refractivity contribution in [1.82, 2.24) is 10.2 Å². The number of carbonyl (C=O) groups is 1. The average Bonchev–Trinajstić information content (AvgIpc) is 3.43. The first kappa shape index (κ1) is 24.8. The van der Waals surface area contributed by atoms with E-state index in [-0.39, 0.29) is 22.7 Å². The van der Waals surface area contributed by atoms with Gasteiger partial charge in [-0.2, -0.15) is 8.42 Å². The van der Waals surface area contributed by atoms with Crippen LogP contribution in [0.15, 0.2) is 77.7 Å². The van der Waals surface area contributed by atoms with Gasteiger partial charge in [0.15, 0.2) is 0 Å². The summed E-state index contributed by atoms with van der Waals surface area (Å²) in [5.74, 6) is 1.20. The Morgan fingerprint density at radius 1 is 1.03 bits per heavy atom. The van der Waals surface area contributed by atoms with Gasteiger partial charge in [0.05, 0.1) is 4.90 Å². The normalized spacial score (nSPS) is 20.6. The summed E-state index contributed by atoms with van der Waals surface area (Å²) in [4.78, 5) is 14.7. The molecule has 2 heterocycles. The molecular formula is C26H27FN2O5S. The first-order valence-corrected chi connectivity index (χ1v) is 12.7. The number of nitrogens with one attached hydrogen (secondary N) is 1. The number of aryl methyl sites for hydroxylation is 1. The van der Waals surface area contributed by atoms with Gasteiger partial charge in [0.1, 0.15) is 17.3 Å². The maximum absolute atomic E-state index is 13.2. The predicted molar refractivity (Wildman–Crippen MR) is 130 cm³/mol. The minimum atomic E-state index is -4.02. The Labute approximate surface area is 204 Å². The quantitative estimate of drug-likeness (QED) is 0.510. The fourth-order valence-corrected chi connectivity index (χ4v) is 4.73. The third-order valence-corrected chi connectivity index (χ3v) is 6.98. The summed E-state index contributed by atoms with van der Waals surface area (Å²) in [6.07, 6.45) is 1.17. The lowest BCUT2D eigenvalue weighted by Gasteiger charge is -2.23. The highest BCUT2D eigenvalue weighted by atomic mass is 32.2. The second-order valence-corrected chi connectivity index (χ2v) is 10.2. The molecule has 3 aromatic carbocycles. The molecule has 3 atom stereocenters. The number of hydrogen-bond acceptors (Lipinski definition) is 5. The number of ether oxygens (including phenoxy) is 1. The van der Waals surface area contributed by atoms with Crippen LogP contribution in [0, 0.1) is 18.7 Å². The lowest BCUT2D eigenvalue weighted by Crippen LogP contribution is -2.43. The highest BCUT2D eigenvalue weighted by Crippen LogP contribution is 2.28. The molecule has 3 aromatic rings. The second-order valence-electron chi connectivity index (χ2n) is 8.76. The molecule has 2 bridgehead atoms. The Bertz CT molecular complexity index is 1280. The molecule has 2 unspecified atom stereocenters. The first-order chi connectivity index (χ1) is 16.7. The van der Waals surface area contributed by atoms with Gasteiger partial charge < -0.3 is 15.0 Å². The summed E-state index contributed by atoms with van der Waals surface area (Å²) in [7, 11) is -4.02. The fraction of sp³-hybridized carbons (Fsp3) is 0.269. The topological polar surface area (TPSA) is 95.9 Å². The summed E-state index contributed by atoms with van der Waals surface area (Å²) in [6, 6.07) is 19.1. The Morgan fingerprint density at radius 3 is 2.31 bits per heavy atom. The molecular weight excluding hydrogens is 471 g/mol. The Morgan fingerprint density at radius 2 is 1.74 bits per heavy atom. The standard InChI is InChI=1S/C19H19FN2O2.C7H8O3S/c20-15-2-1-3-17(10-15)24-16-6-4-13(5-7-16)19(23)21-18-12-22-9-8-14(18)11-22;1-6-2-4-7(5-3-6)11(8,9)10/h1-7,10,14,18H,8-9,11-12H2,(H,21,23);2-5H,1H3,(H,8,9,10)/t14-,18?;/m0./s1. The molecule has 0 aromatic heterocycles. The lowest BCUT2D eigenvalue weighted by atomic mass is 9.99. The van der Waals surface area contributed by atoms with Gasteiger partial charge in [0.2, 0.25) is 0 Å². The van der Waals surface area contributed by atoms with Crippen molar-refractivity contribution < 1.29 is 26.9 Å². The molecule has 184 valence electrons. The molecule has 0 radical (unpaired) electrons. The second kappa shape index (κ2) is 10.6. The molecule has 7 nitrogen and oxygen atoms in total. The van der Waals surface area contributed by atoms with Crippen LogP contribution < -0.4 is 10.1 Å². The monoisotopic (exact) mass is 498 g/mol. The number of fused-ring (bicyclic) bond motifs is 2. The van der Waals surface area contributed by atoms with Crippen LogP contribution in [0.3, 0.4) is 0 Å². The zero-order chi connectivity index (χ0) is 25.0. The third kappa shape index (κ3) is 6.66. The number of nitrogens with zero attached hydrogens (tertiary/aromatic N) is 1. The molecule has 0 spiro atoms. The molecule has 1 amide bonds. The van der Waals surface area contributed by atoms with E-state index in [2.05, 4.69) is 10.2 Å². The maximum atomic E-state index is 13.2. The number of halogens is 1. The van der Waals surface area contributed by atoms with Crippen LogP contribution >= 0.6 is 0 Å². The van der Waals surface area contributed by atoms with E-state index in [0.717, 1.165) is 25.2 Å². The largest absolute Gasteiger partial charge is 0.457 e. The molecule has 2 aliphatic rings. The Balaban J connectivity index is 0.000000221. The predicted octanol–water partition coefficient (Wildman–Crippen LogP) is 4.29. The zero-order valence-corrected chi connectivity index (χ0v) is 20.0. The van der Waals surface area contributed by atoms with Crippen molar-refractivity contribution in [1.29, 1.82) is 0 Å². The lowest BCUT2D eigenvalue weighted by molar-refractivity contribution is 0.0924. The van der Waals surface area contributed by atoms with E-state index in [0.29, 0.717) is 23.0 Å². The van der Waals surface area contributed by atoms with Crippen LogP contribution in [0.2, 0.25) is 0 Å². The van der Waals surface area contributed by atoms with Crippen LogP contribution in [0.1, 0.15) is 22.3 Å². The van der Waals surface area contributed by atoms with E-state index < -0.39 is 10.1 Å². The van der Waals surface area contributed by atoms with Gasteiger partial charge in [-0.1, -0.05) is 23.8 Å². The van der Waals surface area contributed by atoms with Gasteiger partial charge >= 0.3 is 0 Å². The van der Waals surface area contributed by atoms with Crippen LogP contribution in [-0.4, -0.2) is 49.5 Å². The number of amides is 1. The van der Waals surface area contributed by atoms with E-state index in [4.69, 9.17) is 9.29 Å². The van der Waals surface area contributed by atoms with E-state index >= 15 is 0 Å². The number of carbonyl (C=O) groups excluding carboxylic acids is 1. The Hall–Kier alpha value is -3.27. The van der Waals surface area contributed by atoms with Gasteiger partial charge in [-0.15, -0.1) is 0 Å². The van der Waals surface area contributed by atoms with Crippen molar-refractivity contribution in [3.8, 4) is 11.5 Å². The summed E-state index contributed by atoms with van der Waals surface area (Å²) >= 11 is 0. The smallest absolute Gasteiger partial charge is 0.294 e. The SMILES string of the molecule is Cc1ccc(S(=O)(=O)O)cc1.O=C(NC1CN2CC[C@H]1C2)c1ccc(Oc2cccc(F)c2)cc1. The van der Waals surface area contributed by atoms with Gasteiger partial charge in [-0.05, 0) is 74.3 Å². The van der Waals surface area contributed by atoms with Gasteiger partial charge in [0.25, 0.3) is 16.0 Å². The third-order valence-electron chi connectivity index (χ3n) is 6.12. The molecule has 2 fully saturated rings. The molecule has 9 heteroatoms. The highest BCUT2D eigenvalue weighted by molar-refractivity contribution is 7.85. The van der Waals surface area contributed by atoms with Gasteiger partial charge in [-0.3, -0.25) is 9.35 Å². The molecule has 2 N–H and O–H groups in total. The van der Waals surface area contributed by atoms with Gasteiger partial charge in [-0.25, -0.2) is 4.39 Å². The molecule has 2 aliphatic heterocycles. The first-order valence-electron chi connectivity index (χ1n) is 11.3. The van der Waals surface area contributed by atoms with Crippen LogP contribution in [0.25, 0.3) is 0 Å². The molecule has 35 heavy (non-hydrogen) atoms. The molecule has 5 rings (SSSR count). The average molecular weight is 499 g/mol. The summed E-state index contributed by atoms with van der Waals surface area (Å²) in [5, 5.41) is 3.13. The van der Waals surface area contributed by atoms with Crippen molar-refractivity contribution >= 4 is 16.0 Å². The van der Waals surface area contributed by atoms with Crippen LogP contribution in [0.4, 0.5) is 4.39 Å². The summed E-state index contributed by atoms with van der Waals surface area (Å²) in [5.41, 5.74) is 1.57. The minimum Gasteiger partial charge on any atom is -0.457 e. The number of benzene rings is 3. The molecule has 2 saturated heterocycles. The molecule has 0 aliphatic carbocycles. The van der Waals surface area contributed by atoms with Gasteiger partial charge in [0, 0.05) is 30.8 Å². The van der Waals surface area contributed by atoms with E-state index in [9.17, 15) is 17.6 Å². The number of hydrogen-bond donors (Lipinski definition) is 2. The number of rotatable bonds is 5. The van der Waals surface area contributed by atoms with Crippen molar-refractivity contribution in [3.63, 3.8) is 0 Å². The number of piperidine rings is 1. The van der Waals surface area contributed by atoms with Crippen molar-refractivity contribution in [2.75, 3.05) is 19.6 Å². The zero-order valence-electron chi connectivity index (χ0n) is 19.2. The van der Waals surface area contributed by atoms with Crippen molar-refractivity contribution in [3.05, 3.63) is 89.7 Å². The maximum Gasteiger partial charge on any atom is 0.294 e. The highest BCUT2D eigenvalue weighted by Gasteiger charge is 2.38. The fourth-order valence-electron chi connectivity index (χ4n) is 4.25. The van der Waals surface area contributed by atoms with Crippen LogP contribution in [-0.2, 0) is 10.1 Å². The van der Waals surface area contributed by atoms with E-state index in [1.165, 1.54) is 30.7 Å².